The van der Waals surface area contributed by atoms with Crippen molar-refractivity contribution in [2.45, 2.75) is 17.9 Å². The highest BCUT2D eigenvalue weighted by Crippen LogP contribution is 2.20. The molecule has 0 radical (unpaired) electrons. The third-order valence-corrected chi connectivity index (χ3v) is 5.77. The Hall–Kier alpha value is -1.13. The molecule has 0 unspecified atom stereocenters. The zero-order valence-corrected chi connectivity index (χ0v) is 13.9. The zero-order chi connectivity index (χ0) is 15.6. The third kappa shape index (κ3) is 3.28. The highest BCUT2D eigenvalue weighted by Gasteiger charge is 2.22. The van der Waals surface area contributed by atoms with Gasteiger partial charge < -0.3 is 4.74 Å². The smallest absolute Gasteiger partial charge is 0.242 e. The Morgan fingerprint density at radius 3 is 2.91 bits per heavy atom. The number of aromatic nitrogens is 2. The van der Waals surface area contributed by atoms with Gasteiger partial charge in [0.25, 0.3) is 0 Å². The molecule has 2 heterocycles. The van der Waals surface area contributed by atoms with Gasteiger partial charge in [-0.1, -0.05) is 6.07 Å². The molecule has 0 bridgehead atoms. The Labute approximate surface area is 133 Å². The maximum absolute atomic E-state index is 12.5. The summed E-state index contributed by atoms with van der Waals surface area (Å²) < 4.78 is 41.2. The van der Waals surface area contributed by atoms with E-state index in [-0.39, 0.29) is 10.9 Å². The maximum Gasteiger partial charge on any atom is 0.242 e. The number of morpholine rings is 1. The first kappa shape index (κ1) is 15.8. The van der Waals surface area contributed by atoms with Gasteiger partial charge in [0.05, 0.1) is 24.9 Å². The van der Waals surface area contributed by atoms with Gasteiger partial charge in [-0.3, -0.25) is 4.90 Å². The summed E-state index contributed by atoms with van der Waals surface area (Å²) >= 11 is 1.02. The molecule has 1 saturated heterocycles. The molecule has 120 valence electrons. The largest absolute Gasteiger partial charge is 0.379 e. The molecule has 22 heavy (non-hydrogen) atoms. The lowest BCUT2D eigenvalue weighted by molar-refractivity contribution is 0.0213. The number of fused-ring (bicyclic) bond motifs is 1. The molecule has 7 nitrogen and oxygen atoms in total. The van der Waals surface area contributed by atoms with Crippen molar-refractivity contribution in [3.8, 4) is 0 Å². The van der Waals surface area contributed by atoms with E-state index in [1.54, 1.807) is 18.2 Å². The first-order chi connectivity index (χ1) is 10.6. The van der Waals surface area contributed by atoms with Crippen LogP contribution in [0.25, 0.3) is 11.0 Å². The van der Waals surface area contributed by atoms with Gasteiger partial charge in [-0.25, -0.2) is 13.1 Å². The van der Waals surface area contributed by atoms with Crippen molar-refractivity contribution >= 4 is 32.8 Å². The molecule has 1 fully saturated rings. The second-order valence-corrected chi connectivity index (χ2v) is 7.50. The Kier molecular flexibility index (Phi) is 4.69. The number of rotatable bonds is 5. The number of ether oxygens (including phenoxy) is 1. The first-order valence-corrected chi connectivity index (χ1v) is 9.32. The van der Waals surface area contributed by atoms with Crippen LogP contribution in [0.1, 0.15) is 6.92 Å². The van der Waals surface area contributed by atoms with E-state index in [0.29, 0.717) is 30.8 Å². The Balaban J connectivity index is 1.72. The van der Waals surface area contributed by atoms with Crippen LogP contribution in [0.15, 0.2) is 23.1 Å². The lowest BCUT2D eigenvalue weighted by Crippen LogP contribution is -2.47. The number of nitrogens with one attached hydrogen (secondary N) is 1. The van der Waals surface area contributed by atoms with E-state index in [1.165, 1.54) is 0 Å². The van der Waals surface area contributed by atoms with E-state index in [4.69, 9.17) is 4.74 Å². The minimum atomic E-state index is -3.59. The number of hydrogen-bond acceptors (Lipinski definition) is 7. The van der Waals surface area contributed by atoms with E-state index < -0.39 is 10.0 Å². The second-order valence-electron chi connectivity index (χ2n) is 5.24. The molecule has 1 aliphatic rings. The molecule has 0 aliphatic carbocycles. The summed E-state index contributed by atoms with van der Waals surface area (Å²) in [7, 11) is -3.59. The number of benzene rings is 1. The van der Waals surface area contributed by atoms with Crippen molar-refractivity contribution in [1.29, 1.82) is 0 Å². The second kappa shape index (κ2) is 6.55. The van der Waals surface area contributed by atoms with Crippen LogP contribution in [0, 0.1) is 0 Å². The van der Waals surface area contributed by atoms with Gasteiger partial charge in [-0.2, -0.15) is 8.75 Å². The van der Waals surface area contributed by atoms with Crippen LogP contribution in [-0.2, 0) is 14.8 Å². The fraction of sp³-hybridized carbons (Fsp3) is 0.538. The molecule has 1 N–H and O–H groups in total. The van der Waals surface area contributed by atoms with Crippen molar-refractivity contribution in [3.63, 3.8) is 0 Å². The van der Waals surface area contributed by atoms with E-state index in [1.807, 2.05) is 6.92 Å². The molecule has 1 atom stereocenters. The van der Waals surface area contributed by atoms with Crippen LogP contribution in [0.3, 0.4) is 0 Å². The summed E-state index contributed by atoms with van der Waals surface area (Å²) in [6, 6.07) is 5.12. The summed E-state index contributed by atoms with van der Waals surface area (Å²) in [4.78, 5) is 2.41. The minimum absolute atomic E-state index is 0.117. The topological polar surface area (TPSA) is 84.4 Å². The van der Waals surface area contributed by atoms with Gasteiger partial charge >= 0.3 is 0 Å². The summed E-state index contributed by atoms with van der Waals surface area (Å²) in [5.41, 5.74) is 1.04. The molecule has 0 saturated carbocycles. The van der Waals surface area contributed by atoms with Crippen molar-refractivity contribution in [1.82, 2.24) is 18.4 Å². The van der Waals surface area contributed by atoms with Gasteiger partial charge in [0.1, 0.15) is 15.9 Å². The number of nitrogens with zero attached hydrogens (tertiary/aromatic N) is 3. The highest BCUT2D eigenvalue weighted by molar-refractivity contribution is 7.89. The highest BCUT2D eigenvalue weighted by atomic mass is 32.2. The Bertz CT molecular complexity index is 741. The number of hydrogen-bond donors (Lipinski definition) is 1. The SMILES string of the molecule is C[C@H](CNS(=O)(=O)c1cccc2nsnc12)N1CCOCC1. The van der Waals surface area contributed by atoms with Gasteiger partial charge in [-0.15, -0.1) is 0 Å². The Morgan fingerprint density at radius 1 is 1.36 bits per heavy atom. The predicted molar refractivity (Wildman–Crippen MR) is 84.5 cm³/mol. The fourth-order valence-corrected chi connectivity index (χ4v) is 4.34. The zero-order valence-electron chi connectivity index (χ0n) is 12.2. The van der Waals surface area contributed by atoms with Crippen LogP contribution in [0.2, 0.25) is 0 Å². The monoisotopic (exact) mass is 342 g/mol. The van der Waals surface area contributed by atoms with Gasteiger partial charge in [0.15, 0.2) is 0 Å². The van der Waals surface area contributed by atoms with Crippen LogP contribution in [-0.4, -0.2) is 61.0 Å². The number of sulfonamides is 1. The standard InChI is InChI=1S/C13H18N4O3S2/c1-10(17-5-7-20-8-6-17)9-14-22(18,19)12-4-2-3-11-13(12)16-21-15-11/h2-4,10,14H,5-9H2,1H3/t10-/m1/s1. The quantitative estimate of drug-likeness (QED) is 0.861. The molecule has 1 aromatic carbocycles. The van der Waals surface area contributed by atoms with Crippen molar-refractivity contribution in [3.05, 3.63) is 18.2 Å². The van der Waals surface area contributed by atoms with E-state index in [9.17, 15) is 8.42 Å². The molecule has 3 rings (SSSR count). The van der Waals surface area contributed by atoms with Crippen LogP contribution in [0.4, 0.5) is 0 Å². The lowest BCUT2D eigenvalue weighted by atomic mass is 10.2. The van der Waals surface area contributed by atoms with Gasteiger partial charge in [-0.05, 0) is 19.1 Å². The van der Waals surface area contributed by atoms with E-state index in [2.05, 4.69) is 18.4 Å². The summed E-state index contributed by atoms with van der Waals surface area (Å²) in [6.45, 7) is 5.42. The van der Waals surface area contributed by atoms with Crippen LogP contribution >= 0.6 is 11.7 Å². The average Bonchev–Trinajstić information content (AvgIpc) is 3.02. The molecular weight excluding hydrogens is 324 g/mol. The predicted octanol–water partition coefficient (Wildman–Crippen LogP) is 0.690. The van der Waals surface area contributed by atoms with Crippen LogP contribution < -0.4 is 4.72 Å². The molecule has 9 heteroatoms. The normalized spacial score (nSPS) is 18.6. The average molecular weight is 342 g/mol. The molecule has 0 amide bonds. The molecular formula is C13H18N4O3S2. The fourth-order valence-electron chi connectivity index (χ4n) is 2.45. The van der Waals surface area contributed by atoms with Crippen molar-refractivity contribution in [2.75, 3.05) is 32.8 Å². The first-order valence-electron chi connectivity index (χ1n) is 7.11. The third-order valence-electron chi connectivity index (χ3n) is 3.78. The lowest BCUT2D eigenvalue weighted by Gasteiger charge is -2.32. The molecule has 2 aromatic rings. The molecule has 0 spiro atoms. The van der Waals surface area contributed by atoms with Gasteiger partial charge in [0.2, 0.25) is 10.0 Å². The van der Waals surface area contributed by atoms with Crippen molar-refractivity contribution in [2.24, 2.45) is 0 Å². The minimum Gasteiger partial charge on any atom is -0.379 e. The van der Waals surface area contributed by atoms with E-state index >= 15 is 0 Å². The maximum atomic E-state index is 12.5. The molecule has 1 aromatic heterocycles. The van der Waals surface area contributed by atoms with Crippen molar-refractivity contribution < 1.29 is 13.2 Å². The summed E-state index contributed by atoms with van der Waals surface area (Å²) in [5, 5.41) is 0. The van der Waals surface area contributed by atoms with E-state index in [0.717, 1.165) is 24.8 Å². The summed E-state index contributed by atoms with van der Waals surface area (Å²) in [5.74, 6) is 0. The summed E-state index contributed by atoms with van der Waals surface area (Å²) in [6.07, 6.45) is 0. The van der Waals surface area contributed by atoms with Crippen LogP contribution in [0.5, 0.6) is 0 Å². The Morgan fingerprint density at radius 2 is 2.14 bits per heavy atom. The molecule has 1 aliphatic heterocycles. The van der Waals surface area contributed by atoms with Gasteiger partial charge in [0, 0.05) is 25.7 Å².